The highest BCUT2D eigenvalue weighted by molar-refractivity contribution is 5.76. The Morgan fingerprint density at radius 1 is 1.39 bits per heavy atom. The predicted octanol–water partition coefficient (Wildman–Crippen LogP) is 2.19. The molecule has 124 valence electrons. The summed E-state index contributed by atoms with van der Waals surface area (Å²) in [4.78, 5) is 22.4. The van der Waals surface area contributed by atoms with Gasteiger partial charge in [-0.1, -0.05) is 6.08 Å². The lowest BCUT2D eigenvalue weighted by atomic mass is 9.94. The lowest BCUT2D eigenvalue weighted by molar-refractivity contribution is -0.385. The summed E-state index contributed by atoms with van der Waals surface area (Å²) in [7, 11) is 0. The van der Waals surface area contributed by atoms with Crippen LogP contribution in [0, 0.1) is 10.1 Å². The zero-order valence-corrected chi connectivity index (χ0v) is 12.0. The average molecular weight is 329 g/mol. The van der Waals surface area contributed by atoms with Crippen LogP contribution in [0.15, 0.2) is 24.3 Å². The molecule has 6 nitrogen and oxygen atoms in total. The van der Waals surface area contributed by atoms with Crippen molar-refractivity contribution in [2.45, 2.75) is 12.6 Å². The zero-order valence-electron chi connectivity index (χ0n) is 12.0. The van der Waals surface area contributed by atoms with Gasteiger partial charge in [-0.3, -0.25) is 19.8 Å². The van der Waals surface area contributed by atoms with Gasteiger partial charge in [-0.15, -0.1) is 0 Å². The van der Waals surface area contributed by atoms with Gasteiger partial charge in [-0.05, 0) is 23.6 Å². The van der Waals surface area contributed by atoms with E-state index in [0.29, 0.717) is 31.1 Å². The van der Waals surface area contributed by atoms with E-state index in [9.17, 15) is 28.1 Å². The summed E-state index contributed by atoms with van der Waals surface area (Å²) in [5.74, 6) is -0.506. The van der Waals surface area contributed by atoms with Gasteiger partial charge < -0.3 is 5.73 Å². The fraction of sp³-hybridized carbons (Fsp3) is 0.357. The van der Waals surface area contributed by atoms with E-state index in [1.54, 1.807) is 11.0 Å². The largest absolute Gasteiger partial charge is 0.417 e. The molecule has 2 N–H and O–H groups in total. The summed E-state index contributed by atoms with van der Waals surface area (Å²) < 4.78 is 39.5. The molecule has 1 aliphatic heterocycles. The van der Waals surface area contributed by atoms with Gasteiger partial charge in [0.2, 0.25) is 5.91 Å². The van der Waals surface area contributed by atoms with Gasteiger partial charge in [-0.25, -0.2) is 0 Å². The quantitative estimate of drug-likeness (QED) is 0.677. The van der Waals surface area contributed by atoms with Crippen molar-refractivity contribution in [2.75, 3.05) is 19.6 Å². The van der Waals surface area contributed by atoms with E-state index in [1.165, 1.54) is 0 Å². The molecular formula is C14H14F3N3O3. The van der Waals surface area contributed by atoms with E-state index < -0.39 is 28.3 Å². The molecule has 9 heteroatoms. The monoisotopic (exact) mass is 329 g/mol. The second kappa shape index (κ2) is 6.37. The highest BCUT2D eigenvalue weighted by atomic mass is 19.4. The zero-order chi connectivity index (χ0) is 17.2. The smallest absolute Gasteiger partial charge is 0.369 e. The number of carbonyl (C=O) groups excluding carboxylic acids is 1. The van der Waals surface area contributed by atoms with Crippen LogP contribution in [0.2, 0.25) is 0 Å². The first kappa shape index (κ1) is 16.9. The second-order valence-electron chi connectivity index (χ2n) is 5.17. The predicted molar refractivity (Wildman–Crippen MR) is 76.3 cm³/mol. The van der Waals surface area contributed by atoms with E-state index in [0.717, 1.165) is 12.1 Å². The lowest BCUT2D eigenvalue weighted by Gasteiger charge is -2.26. The second-order valence-corrected chi connectivity index (χ2v) is 5.17. The molecule has 23 heavy (non-hydrogen) atoms. The number of hydrogen-bond donors (Lipinski definition) is 1. The maximum absolute atomic E-state index is 13.2. The highest BCUT2D eigenvalue weighted by Crippen LogP contribution is 2.38. The average Bonchev–Trinajstić information content (AvgIpc) is 2.46. The number of nitro groups is 1. The molecule has 1 amide bonds. The van der Waals surface area contributed by atoms with Gasteiger partial charge in [0, 0.05) is 25.2 Å². The number of hydrogen-bond acceptors (Lipinski definition) is 4. The van der Waals surface area contributed by atoms with Gasteiger partial charge in [-0.2, -0.15) is 13.2 Å². The minimum Gasteiger partial charge on any atom is -0.369 e. The van der Waals surface area contributed by atoms with E-state index in [-0.39, 0.29) is 12.1 Å². The van der Waals surface area contributed by atoms with Gasteiger partial charge in [0.25, 0.3) is 5.69 Å². The first-order chi connectivity index (χ1) is 10.7. The van der Waals surface area contributed by atoms with Crippen molar-refractivity contribution in [3.05, 3.63) is 45.5 Å². The van der Waals surface area contributed by atoms with Gasteiger partial charge in [0.1, 0.15) is 0 Å². The number of amides is 1. The Hall–Kier alpha value is -2.42. The van der Waals surface area contributed by atoms with E-state index in [1.807, 2.05) is 0 Å². The molecule has 1 aliphatic rings. The Morgan fingerprint density at radius 3 is 2.57 bits per heavy atom. The summed E-state index contributed by atoms with van der Waals surface area (Å²) in [6, 6.07) is 2.73. The first-order valence-electron chi connectivity index (χ1n) is 6.74. The Bertz CT molecular complexity index is 671. The van der Waals surface area contributed by atoms with Crippen LogP contribution in [0.5, 0.6) is 0 Å². The van der Waals surface area contributed by atoms with Crippen molar-refractivity contribution in [3.8, 4) is 0 Å². The van der Waals surface area contributed by atoms with Crippen LogP contribution in [-0.2, 0) is 11.0 Å². The number of halogens is 3. The van der Waals surface area contributed by atoms with Crippen molar-refractivity contribution in [1.82, 2.24) is 4.90 Å². The van der Waals surface area contributed by atoms with Crippen molar-refractivity contribution < 1.29 is 22.9 Å². The minimum atomic E-state index is -4.69. The van der Waals surface area contributed by atoms with Crippen molar-refractivity contribution in [1.29, 1.82) is 0 Å². The fourth-order valence-corrected chi connectivity index (χ4v) is 2.48. The van der Waals surface area contributed by atoms with E-state index in [2.05, 4.69) is 0 Å². The van der Waals surface area contributed by atoms with Crippen LogP contribution >= 0.6 is 0 Å². The number of carbonyl (C=O) groups is 1. The van der Waals surface area contributed by atoms with E-state index >= 15 is 0 Å². The molecule has 0 radical (unpaired) electrons. The van der Waals surface area contributed by atoms with E-state index in [4.69, 9.17) is 5.73 Å². The Morgan fingerprint density at radius 2 is 2.09 bits per heavy atom. The summed E-state index contributed by atoms with van der Waals surface area (Å²) in [6.07, 6.45) is -2.80. The molecule has 0 bridgehead atoms. The van der Waals surface area contributed by atoms with Gasteiger partial charge in [0.05, 0.1) is 17.0 Å². The van der Waals surface area contributed by atoms with Gasteiger partial charge in [0.15, 0.2) is 0 Å². The number of primary amides is 1. The third-order valence-electron chi connectivity index (χ3n) is 3.54. The molecule has 2 rings (SSSR count). The third kappa shape index (κ3) is 4.07. The van der Waals surface area contributed by atoms with Crippen LogP contribution in [0.25, 0.3) is 5.57 Å². The maximum Gasteiger partial charge on any atom is 0.417 e. The SMILES string of the molecule is NC(=O)CN1CC=C(c2ccc([N+](=O)[O-])cc2C(F)(F)F)CC1. The van der Waals surface area contributed by atoms with Crippen molar-refractivity contribution in [3.63, 3.8) is 0 Å². The molecule has 0 fully saturated rings. The molecule has 0 atom stereocenters. The molecule has 0 aliphatic carbocycles. The van der Waals surface area contributed by atoms with Crippen molar-refractivity contribution >= 4 is 17.2 Å². The Labute approximate surface area is 129 Å². The van der Waals surface area contributed by atoms with Crippen LogP contribution in [0.1, 0.15) is 17.5 Å². The topological polar surface area (TPSA) is 89.5 Å². The molecule has 0 saturated heterocycles. The van der Waals surface area contributed by atoms with Crippen LogP contribution < -0.4 is 5.73 Å². The molecule has 0 saturated carbocycles. The molecular weight excluding hydrogens is 315 g/mol. The minimum absolute atomic E-state index is 0.0379. The number of non-ortho nitro benzene ring substituents is 1. The van der Waals surface area contributed by atoms with Crippen molar-refractivity contribution in [2.24, 2.45) is 5.73 Å². The van der Waals surface area contributed by atoms with Crippen LogP contribution in [0.3, 0.4) is 0 Å². The molecule has 0 unspecified atom stereocenters. The molecule has 1 aromatic rings. The molecule has 0 aromatic heterocycles. The molecule has 1 aromatic carbocycles. The number of benzene rings is 1. The Balaban J connectivity index is 2.34. The fourth-order valence-electron chi connectivity index (χ4n) is 2.48. The number of rotatable bonds is 4. The van der Waals surface area contributed by atoms with Crippen LogP contribution in [-0.4, -0.2) is 35.4 Å². The summed E-state index contributed by atoms with van der Waals surface area (Å²) >= 11 is 0. The van der Waals surface area contributed by atoms with Gasteiger partial charge >= 0.3 is 6.18 Å². The number of nitrogens with zero attached hydrogens (tertiary/aromatic N) is 2. The standard InChI is InChI=1S/C14H14F3N3O3/c15-14(16,17)12-7-10(20(22)23)1-2-11(12)9-3-5-19(6-4-9)8-13(18)21/h1-3,7H,4-6,8H2,(H2,18,21). The highest BCUT2D eigenvalue weighted by Gasteiger charge is 2.36. The first-order valence-corrected chi connectivity index (χ1v) is 6.74. The third-order valence-corrected chi connectivity index (χ3v) is 3.54. The number of alkyl halides is 3. The summed E-state index contributed by atoms with van der Waals surface area (Å²) in [5.41, 5.74) is 3.83. The molecule has 1 heterocycles. The normalized spacial score (nSPS) is 16.0. The number of nitrogens with two attached hydrogens (primary N) is 1. The lowest BCUT2D eigenvalue weighted by Crippen LogP contribution is -2.36. The Kier molecular flexibility index (Phi) is 4.69. The summed E-state index contributed by atoms with van der Waals surface area (Å²) in [5, 5.41) is 10.7. The maximum atomic E-state index is 13.2. The number of nitro benzene ring substituents is 1. The van der Waals surface area contributed by atoms with Crippen LogP contribution in [0.4, 0.5) is 18.9 Å². The summed E-state index contributed by atoms with van der Waals surface area (Å²) in [6.45, 7) is 0.728. The molecule has 0 spiro atoms.